The summed E-state index contributed by atoms with van der Waals surface area (Å²) >= 11 is 6.34. The van der Waals surface area contributed by atoms with Crippen molar-refractivity contribution in [2.45, 2.75) is 13.0 Å². The number of hydrogen-bond acceptors (Lipinski definition) is 6. The number of halogens is 1. The summed E-state index contributed by atoms with van der Waals surface area (Å²) in [4.78, 5) is 6.52. The van der Waals surface area contributed by atoms with Crippen LogP contribution in [-0.4, -0.2) is 30.4 Å². The average molecular weight is 372 g/mol. The van der Waals surface area contributed by atoms with Gasteiger partial charge < -0.3 is 18.9 Å². The highest BCUT2D eigenvalue weighted by Crippen LogP contribution is 2.40. The molecule has 1 aliphatic heterocycles. The summed E-state index contributed by atoms with van der Waals surface area (Å²) in [6.45, 7) is 1.69. The molecule has 0 fully saturated rings. The molecule has 0 bridgehead atoms. The van der Waals surface area contributed by atoms with Gasteiger partial charge in [0, 0.05) is 24.7 Å². The highest BCUT2D eigenvalue weighted by Gasteiger charge is 2.19. The van der Waals surface area contributed by atoms with E-state index in [1.165, 1.54) is 0 Å². The highest BCUT2D eigenvalue weighted by atomic mass is 35.5. The Labute approximate surface area is 156 Å². The van der Waals surface area contributed by atoms with Crippen molar-refractivity contribution in [3.63, 3.8) is 0 Å². The van der Waals surface area contributed by atoms with Crippen LogP contribution in [0, 0.1) is 0 Å². The van der Waals surface area contributed by atoms with Gasteiger partial charge >= 0.3 is 0 Å². The molecule has 0 atom stereocenters. The summed E-state index contributed by atoms with van der Waals surface area (Å²) < 4.78 is 16.8. The third-order valence-corrected chi connectivity index (χ3v) is 4.38. The number of rotatable bonds is 4. The minimum atomic E-state index is 0.471. The normalized spacial score (nSPS) is 13.3. The monoisotopic (exact) mass is 371 g/mol. The second kappa shape index (κ2) is 7.25. The fourth-order valence-electron chi connectivity index (χ4n) is 2.77. The molecule has 7 heteroatoms. The Morgan fingerprint density at radius 2 is 1.92 bits per heavy atom. The molecule has 4 rings (SSSR count). The molecule has 26 heavy (non-hydrogen) atoms. The molecule has 1 aliphatic rings. The SMILES string of the molecule is CN(Cc1nc(-c2cc(Cl)c3c(c2)OCCCO3)no1)c1ccccc1. The zero-order chi connectivity index (χ0) is 17.9. The molecular formula is C19H18ClN3O3. The highest BCUT2D eigenvalue weighted by molar-refractivity contribution is 6.32. The Morgan fingerprint density at radius 1 is 1.12 bits per heavy atom. The predicted octanol–water partition coefficient (Wildman–Crippen LogP) is 4.19. The first-order valence-electron chi connectivity index (χ1n) is 8.39. The van der Waals surface area contributed by atoms with E-state index >= 15 is 0 Å². The quantitative estimate of drug-likeness (QED) is 0.685. The van der Waals surface area contributed by atoms with Crippen LogP contribution in [-0.2, 0) is 6.54 Å². The lowest BCUT2D eigenvalue weighted by Crippen LogP contribution is -2.16. The zero-order valence-corrected chi connectivity index (χ0v) is 15.1. The molecule has 0 unspecified atom stereocenters. The molecule has 2 heterocycles. The van der Waals surface area contributed by atoms with Crippen LogP contribution in [0.1, 0.15) is 12.3 Å². The maximum Gasteiger partial charge on any atom is 0.246 e. The van der Waals surface area contributed by atoms with Gasteiger partial charge in [0.25, 0.3) is 0 Å². The van der Waals surface area contributed by atoms with Gasteiger partial charge in [-0.15, -0.1) is 0 Å². The topological polar surface area (TPSA) is 60.6 Å². The summed E-state index contributed by atoms with van der Waals surface area (Å²) in [6, 6.07) is 13.6. The first-order chi connectivity index (χ1) is 12.7. The van der Waals surface area contributed by atoms with E-state index in [9.17, 15) is 0 Å². The second-order valence-electron chi connectivity index (χ2n) is 6.04. The number of benzene rings is 2. The molecule has 0 saturated heterocycles. The molecule has 3 aromatic rings. The summed E-state index contributed by atoms with van der Waals surface area (Å²) in [5.41, 5.74) is 1.81. The van der Waals surface area contributed by atoms with Crippen LogP contribution < -0.4 is 14.4 Å². The van der Waals surface area contributed by atoms with Crippen LogP contribution in [0.4, 0.5) is 5.69 Å². The lowest BCUT2D eigenvalue weighted by atomic mass is 10.2. The molecule has 134 valence electrons. The van der Waals surface area contributed by atoms with Crippen molar-refractivity contribution in [1.29, 1.82) is 0 Å². The third-order valence-electron chi connectivity index (χ3n) is 4.10. The van der Waals surface area contributed by atoms with Crippen molar-refractivity contribution >= 4 is 17.3 Å². The van der Waals surface area contributed by atoms with Gasteiger partial charge in [0.15, 0.2) is 11.5 Å². The van der Waals surface area contributed by atoms with Crippen molar-refractivity contribution in [2.24, 2.45) is 0 Å². The number of nitrogens with zero attached hydrogens (tertiary/aromatic N) is 3. The number of hydrogen-bond donors (Lipinski definition) is 0. The molecule has 0 N–H and O–H groups in total. The zero-order valence-electron chi connectivity index (χ0n) is 14.3. The van der Waals surface area contributed by atoms with Gasteiger partial charge in [0.05, 0.1) is 24.8 Å². The third kappa shape index (κ3) is 3.46. The molecule has 0 aliphatic carbocycles. The molecule has 0 spiro atoms. The number of para-hydroxylation sites is 1. The van der Waals surface area contributed by atoms with E-state index in [0.29, 0.717) is 48.0 Å². The molecule has 2 aromatic carbocycles. The van der Waals surface area contributed by atoms with E-state index in [4.69, 9.17) is 25.6 Å². The van der Waals surface area contributed by atoms with Crippen LogP contribution in [0.2, 0.25) is 5.02 Å². The molecule has 6 nitrogen and oxygen atoms in total. The second-order valence-corrected chi connectivity index (χ2v) is 6.45. The van der Waals surface area contributed by atoms with Crippen molar-refractivity contribution in [1.82, 2.24) is 10.1 Å². The van der Waals surface area contributed by atoms with Gasteiger partial charge in [-0.1, -0.05) is 35.0 Å². The Bertz CT molecular complexity index is 898. The maximum atomic E-state index is 6.34. The summed E-state index contributed by atoms with van der Waals surface area (Å²) in [6.07, 6.45) is 0.818. The van der Waals surface area contributed by atoms with E-state index in [1.807, 2.05) is 48.3 Å². The van der Waals surface area contributed by atoms with Crippen LogP contribution >= 0.6 is 11.6 Å². The number of anilines is 1. The van der Waals surface area contributed by atoms with Crippen molar-refractivity contribution in [2.75, 3.05) is 25.2 Å². The van der Waals surface area contributed by atoms with Gasteiger partial charge in [-0.2, -0.15) is 4.98 Å². The van der Waals surface area contributed by atoms with Gasteiger partial charge in [0.1, 0.15) is 0 Å². The summed E-state index contributed by atoms with van der Waals surface area (Å²) in [5, 5.41) is 4.56. The van der Waals surface area contributed by atoms with Gasteiger partial charge in [-0.05, 0) is 24.3 Å². The van der Waals surface area contributed by atoms with Crippen LogP contribution in [0.25, 0.3) is 11.4 Å². The fraction of sp³-hybridized carbons (Fsp3) is 0.263. The predicted molar refractivity (Wildman–Crippen MR) is 98.9 cm³/mol. The Balaban J connectivity index is 1.56. The van der Waals surface area contributed by atoms with E-state index in [2.05, 4.69) is 10.1 Å². The van der Waals surface area contributed by atoms with Crippen LogP contribution in [0.15, 0.2) is 47.0 Å². The van der Waals surface area contributed by atoms with Gasteiger partial charge in [0.2, 0.25) is 11.7 Å². The fourth-order valence-corrected chi connectivity index (χ4v) is 3.04. The Kier molecular flexibility index (Phi) is 4.67. The molecule has 0 radical (unpaired) electrons. The minimum Gasteiger partial charge on any atom is -0.489 e. The van der Waals surface area contributed by atoms with Crippen molar-refractivity contribution in [3.05, 3.63) is 53.4 Å². The molecular weight excluding hydrogens is 354 g/mol. The van der Waals surface area contributed by atoms with E-state index in [-0.39, 0.29) is 0 Å². The van der Waals surface area contributed by atoms with E-state index in [0.717, 1.165) is 17.7 Å². The molecule has 0 amide bonds. The first-order valence-corrected chi connectivity index (χ1v) is 8.77. The number of ether oxygens (including phenoxy) is 2. The largest absolute Gasteiger partial charge is 0.489 e. The Morgan fingerprint density at radius 3 is 2.77 bits per heavy atom. The Hall–Kier alpha value is -2.73. The average Bonchev–Trinajstić information content (AvgIpc) is 2.98. The summed E-state index contributed by atoms with van der Waals surface area (Å²) in [7, 11) is 1.98. The maximum absolute atomic E-state index is 6.34. The number of fused-ring (bicyclic) bond motifs is 1. The van der Waals surface area contributed by atoms with E-state index in [1.54, 1.807) is 6.07 Å². The van der Waals surface area contributed by atoms with Gasteiger partial charge in [-0.3, -0.25) is 0 Å². The van der Waals surface area contributed by atoms with Crippen LogP contribution in [0.5, 0.6) is 11.5 Å². The lowest BCUT2D eigenvalue weighted by Gasteiger charge is -2.16. The minimum absolute atomic E-state index is 0.471. The molecule has 0 saturated carbocycles. The van der Waals surface area contributed by atoms with E-state index < -0.39 is 0 Å². The molecule has 1 aromatic heterocycles. The lowest BCUT2D eigenvalue weighted by molar-refractivity contribution is 0.297. The standard InChI is InChI=1S/C19H18ClN3O3/c1-23(14-6-3-2-4-7-14)12-17-21-19(22-26-17)13-10-15(20)18-16(11-13)24-8-5-9-25-18/h2-4,6-7,10-11H,5,8-9,12H2,1H3. The number of aromatic nitrogens is 2. The van der Waals surface area contributed by atoms with Gasteiger partial charge in [-0.25, -0.2) is 0 Å². The smallest absolute Gasteiger partial charge is 0.246 e. The summed E-state index contributed by atoms with van der Waals surface area (Å²) in [5.74, 6) is 2.17. The van der Waals surface area contributed by atoms with Crippen molar-refractivity contribution in [3.8, 4) is 22.9 Å². The first kappa shape index (κ1) is 16.7. The van der Waals surface area contributed by atoms with Crippen molar-refractivity contribution < 1.29 is 14.0 Å². The van der Waals surface area contributed by atoms with Crippen LogP contribution in [0.3, 0.4) is 0 Å².